The van der Waals surface area contributed by atoms with E-state index >= 15 is 0 Å². The first-order valence-electron chi connectivity index (χ1n) is 5.35. The fraction of sp³-hybridized carbons (Fsp3) is 0.167. The number of nitro groups is 1. The number of ether oxygens (including phenoxy) is 1. The third-order valence-electron chi connectivity index (χ3n) is 2.40. The molecule has 0 spiro atoms. The van der Waals surface area contributed by atoms with Gasteiger partial charge in [-0.1, -0.05) is 11.6 Å². The van der Waals surface area contributed by atoms with Crippen LogP contribution in [0.1, 0.15) is 10.4 Å². The van der Waals surface area contributed by atoms with E-state index in [9.17, 15) is 10.1 Å². The van der Waals surface area contributed by atoms with Crippen LogP contribution in [0.3, 0.4) is 0 Å². The molecule has 1 aromatic carbocycles. The number of aliphatic hydroxyl groups excluding tert-OH is 1. The monoisotopic (exact) mass is 299 g/mol. The Kier molecular flexibility index (Phi) is 4.36. The van der Waals surface area contributed by atoms with Crippen molar-refractivity contribution in [2.24, 2.45) is 0 Å². The number of thiophene rings is 1. The van der Waals surface area contributed by atoms with Gasteiger partial charge in [-0.2, -0.15) is 0 Å². The second-order valence-corrected chi connectivity index (χ2v) is 5.51. The van der Waals surface area contributed by atoms with Crippen LogP contribution in [0.4, 0.5) is 5.69 Å². The van der Waals surface area contributed by atoms with Crippen molar-refractivity contribution in [3.05, 3.63) is 55.2 Å². The van der Waals surface area contributed by atoms with E-state index in [-0.39, 0.29) is 24.7 Å². The molecule has 100 valence electrons. The van der Waals surface area contributed by atoms with Crippen molar-refractivity contribution in [2.45, 2.75) is 13.2 Å². The third-order valence-corrected chi connectivity index (χ3v) is 3.61. The quantitative estimate of drug-likeness (QED) is 0.678. The zero-order valence-corrected chi connectivity index (χ0v) is 11.3. The molecule has 0 unspecified atom stereocenters. The first-order valence-corrected chi connectivity index (χ1v) is 6.55. The SMILES string of the molecule is O=[N+]([O-])c1ccc(CO)cc1OCc1ccc(Cl)s1. The topological polar surface area (TPSA) is 72.6 Å². The molecule has 0 aliphatic heterocycles. The van der Waals surface area contributed by atoms with Crippen LogP contribution < -0.4 is 4.74 Å². The summed E-state index contributed by atoms with van der Waals surface area (Å²) < 4.78 is 6.08. The predicted molar refractivity (Wildman–Crippen MR) is 72.7 cm³/mol. The predicted octanol–water partition coefficient (Wildman–Crippen LogP) is 3.38. The molecular formula is C12H10ClNO4S. The van der Waals surface area contributed by atoms with E-state index in [1.54, 1.807) is 12.1 Å². The van der Waals surface area contributed by atoms with Crippen molar-refractivity contribution in [3.63, 3.8) is 0 Å². The molecule has 19 heavy (non-hydrogen) atoms. The Balaban J connectivity index is 2.19. The lowest BCUT2D eigenvalue weighted by Crippen LogP contribution is -1.99. The van der Waals surface area contributed by atoms with Gasteiger partial charge in [-0.05, 0) is 29.8 Å². The second-order valence-electron chi connectivity index (χ2n) is 3.71. The van der Waals surface area contributed by atoms with Gasteiger partial charge in [0.25, 0.3) is 0 Å². The molecule has 2 rings (SSSR count). The van der Waals surface area contributed by atoms with Crippen molar-refractivity contribution in [3.8, 4) is 5.75 Å². The van der Waals surface area contributed by atoms with Gasteiger partial charge in [0.15, 0.2) is 5.75 Å². The van der Waals surface area contributed by atoms with Gasteiger partial charge in [-0.15, -0.1) is 11.3 Å². The molecule has 0 radical (unpaired) electrons. The minimum atomic E-state index is -0.516. The zero-order chi connectivity index (χ0) is 13.8. The lowest BCUT2D eigenvalue weighted by Gasteiger charge is -2.06. The zero-order valence-electron chi connectivity index (χ0n) is 9.71. The van der Waals surface area contributed by atoms with Crippen LogP contribution in [-0.4, -0.2) is 10.0 Å². The van der Waals surface area contributed by atoms with Crippen LogP contribution >= 0.6 is 22.9 Å². The minimum absolute atomic E-state index is 0.125. The summed E-state index contributed by atoms with van der Waals surface area (Å²) in [5.41, 5.74) is 0.435. The van der Waals surface area contributed by atoms with E-state index < -0.39 is 4.92 Å². The minimum Gasteiger partial charge on any atom is -0.481 e. The van der Waals surface area contributed by atoms with Crippen LogP contribution in [0.25, 0.3) is 0 Å². The molecule has 1 aromatic heterocycles. The molecule has 0 saturated carbocycles. The van der Waals surface area contributed by atoms with E-state index in [0.29, 0.717) is 9.90 Å². The van der Waals surface area contributed by atoms with Gasteiger partial charge in [0, 0.05) is 10.9 Å². The molecule has 2 aromatic rings. The number of hydrogen-bond donors (Lipinski definition) is 1. The Morgan fingerprint density at radius 1 is 1.37 bits per heavy atom. The maximum Gasteiger partial charge on any atom is 0.310 e. The van der Waals surface area contributed by atoms with Crippen LogP contribution in [0.15, 0.2) is 30.3 Å². The number of rotatable bonds is 5. The molecule has 7 heteroatoms. The highest BCUT2D eigenvalue weighted by Crippen LogP contribution is 2.30. The molecule has 0 bridgehead atoms. The van der Waals surface area contributed by atoms with E-state index in [1.807, 2.05) is 0 Å². The van der Waals surface area contributed by atoms with Crippen LogP contribution in [0, 0.1) is 10.1 Å². The number of nitro benzene ring substituents is 1. The van der Waals surface area contributed by atoms with E-state index in [0.717, 1.165) is 4.88 Å². The molecular weight excluding hydrogens is 290 g/mol. The molecule has 0 aliphatic rings. The molecule has 0 amide bonds. The van der Waals surface area contributed by atoms with Gasteiger partial charge in [0.2, 0.25) is 0 Å². The summed E-state index contributed by atoms with van der Waals surface area (Å²) in [6.45, 7) is 0.00624. The molecule has 0 atom stereocenters. The lowest BCUT2D eigenvalue weighted by atomic mass is 10.2. The van der Waals surface area contributed by atoms with Crippen LogP contribution in [0.2, 0.25) is 4.34 Å². The Hall–Kier alpha value is -1.63. The summed E-state index contributed by atoms with van der Waals surface area (Å²) in [5, 5.41) is 19.9. The van der Waals surface area contributed by atoms with Crippen LogP contribution in [0.5, 0.6) is 5.75 Å². The Morgan fingerprint density at radius 3 is 2.74 bits per heavy atom. The second kappa shape index (κ2) is 6.01. The molecule has 0 fully saturated rings. The Labute approximate surface area is 118 Å². The molecule has 0 saturated heterocycles. The number of hydrogen-bond acceptors (Lipinski definition) is 5. The first-order chi connectivity index (χ1) is 9.10. The van der Waals surface area contributed by atoms with Crippen molar-refractivity contribution in [1.82, 2.24) is 0 Å². The number of nitrogens with zero attached hydrogens (tertiary/aromatic N) is 1. The highest BCUT2D eigenvalue weighted by Gasteiger charge is 2.15. The van der Waals surface area contributed by atoms with Gasteiger partial charge >= 0.3 is 5.69 Å². The molecule has 0 aliphatic carbocycles. The fourth-order valence-electron chi connectivity index (χ4n) is 1.50. The summed E-state index contributed by atoms with van der Waals surface area (Å²) >= 11 is 7.15. The van der Waals surface area contributed by atoms with Gasteiger partial charge in [-0.3, -0.25) is 10.1 Å². The summed E-state index contributed by atoms with van der Waals surface area (Å²) in [6, 6.07) is 7.82. The molecule has 5 nitrogen and oxygen atoms in total. The van der Waals surface area contributed by atoms with Gasteiger partial charge in [0.05, 0.1) is 15.9 Å². The number of halogens is 1. The smallest absolute Gasteiger partial charge is 0.310 e. The standard InChI is InChI=1S/C12H10ClNO4S/c13-12-4-2-9(19-12)7-18-11-5-8(6-15)1-3-10(11)14(16)17/h1-5,15H,6-7H2. The fourth-order valence-corrected chi connectivity index (χ4v) is 2.50. The first kappa shape index (κ1) is 13.8. The number of benzene rings is 1. The normalized spacial score (nSPS) is 10.4. The van der Waals surface area contributed by atoms with Gasteiger partial charge in [0.1, 0.15) is 6.61 Å². The van der Waals surface area contributed by atoms with Gasteiger partial charge in [-0.25, -0.2) is 0 Å². The Bertz CT molecular complexity index is 599. The van der Waals surface area contributed by atoms with E-state index in [1.165, 1.54) is 29.5 Å². The summed E-state index contributed by atoms with van der Waals surface area (Å²) in [5.74, 6) is 0.140. The average molecular weight is 300 g/mol. The summed E-state index contributed by atoms with van der Waals surface area (Å²) in [4.78, 5) is 11.2. The van der Waals surface area contributed by atoms with E-state index in [4.69, 9.17) is 21.4 Å². The molecule has 1 N–H and O–H groups in total. The maximum atomic E-state index is 10.9. The lowest BCUT2D eigenvalue weighted by molar-refractivity contribution is -0.386. The third kappa shape index (κ3) is 3.44. The van der Waals surface area contributed by atoms with Crippen LogP contribution in [-0.2, 0) is 13.2 Å². The average Bonchev–Trinajstić information content (AvgIpc) is 2.81. The van der Waals surface area contributed by atoms with Crippen molar-refractivity contribution >= 4 is 28.6 Å². The highest BCUT2D eigenvalue weighted by molar-refractivity contribution is 7.16. The largest absolute Gasteiger partial charge is 0.481 e. The molecule has 1 heterocycles. The van der Waals surface area contributed by atoms with Crippen molar-refractivity contribution in [1.29, 1.82) is 0 Å². The summed E-state index contributed by atoms with van der Waals surface area (Å²) in [7, 11) is 0. The summed E-state index contributed by atoms with van der Waals surface area (Å²) in [6.07, 6.45) is 0. The number of aliphatic hydroxyl groups is 1. The van der Waals surface area contributed by atoms with Crippen molar-refractivity contribution < 1.29 is 14.8 Å². The van der Waals surface area contributed by atoms with Crippen molar-refractivity contribution in [2.75, 3.05) is 0 Å². The Morgan fingerprint density at radius 2 is 2.16 bits per heavy atom. The maximum absolute atomic E-state index is 10.9. The highest BCUT2D eigenvalue weighted by atomic mass is 35.5. The van der Waals surface area contributed by atoms with E-state index in [2.05, 4.69) is 0 Å². The van der Waals surface area contributed by atoms with Gasteiger partial charge < -0.3 is 9.84 Å².